The van der Waals surface area contributed by atoms with Gasteiger partial charge in [-0.3, -0.25) is 10.1 Å². The molecule has 0 radical (unpaired) electrons. The Hall–Kier alpha value is -3.58. The number of imide groups is 1. The molecule has 0 spiro atoms. The van der Waals surface area contributed by atoms with Gasteiger partial charge in [-0.1, -0.05) is 48.2 Å². The standard InChI is InChI=1S/C21H16N2O4S/c24-19(14-7-3-1-4-8-14)23-21(27)22-17-13-15(20(25)26)11-12-18(17)28-16-9-5-2-6-10-16/h1-13H,(H,25,26)(H2,22,23,24,27). The van der Waals surface area contributed by atoms with Gasteiger partial charge in [-0.2, -0.15) is 0 Å². The van der Waals surface area contributed by atoms with Gasteiger partial charge in [0.05, 0.1) is 11.3 Å². The van der Waals surface area contributed by atoms with E-state index >= 15 is 0 Å². The third-order valence-corrected chi connectivity index (χ3v) is 4.79. The van der Waals surface area contributed by atoms with Crippen LogP contribution in [0.4, 0.5) is 10.5 Å². The number of amides is 3. The Labute approximate surface area is 165 Å². The second-order valence-electron chi connectivity index (χ2n) is 5.71. The molecule has 0 saturated heterocycles. The summed E-state index contributed by atoms with van der Waals surface area (Å²) >= 11 is 1.37. The number of carbonyl (C=O) groups is 3. The third-order valence-electron chi connectivity index (χ3n) is 3.71. The number of hydrogen-bond acceptors (Lipinski definition) is 4. The van der Waals surface area contributed by atoms with Gasteiger partial charge < -0.3 is 10.4 Å². The summed E-state index contributed by atoms with van der Waals surface area (Å²) in [5.41, 5.74) is 0.671. The molecule has 0 aliphatic rings. The predicted octanol–water partition coefficient (Wildman–Crippen LogP) is 4.50. The molecule has 0 heterocycles. The van der Waals surface area contributed by atoms with Gasteiger partial charge in [0.15, 0.2) is 0 Å². The fourth-order valence-electron chi connectivity index (χ4n) is 2.38. The maximum atomic E-state index is 12.3. The normalized spacial score (nSPS) is 10.1. The Bertz CT molecular complexity index is 1010. The molecular weight excluding hydrogens is 376 g/mol. The van der Waals surface area contributed by atoms with Crippen molar-refractivity contribution in [3.05, 3.63) is 90.0 Å². The zero-order valence-corrected chi connectivity index (χ0v) is 15.4. The molecule has 3 aromatic carbocycles. The van der Waals surface area contributed by atoms with E-state index < -0.39 is 17.9 Å². The van der Waals surface area contributed by atoms with Crippen molar-refractivity contribution in [2.75, 3.05) is 5.32 Å². The molecule has 6 nitrogen and oxygen atoms in total. The Morgan fingerprint density at radius 1 is 0.786 bits per heavy atom. The van der Waals surface area contributed by atoms with Crippen molar-refractivity contribution in [1.29, 1.82) is 0 Å². The van der Waals surface area contributed by atoms with E-state index in [2.05, 4.69) is 10.6 Å². The molecule has 140 valence electrons. The molecule has 3 amide bonds. The Morgan fingerprint density at radius 3 is 2.07 bits per heavy atom. The highest BCUT2D eigenvalue weighted by atomic mass is 32.2. The maximum absolute atomic E-state index is 12.3. The van der Waals surface area contributed by atoms with Crippen LogP contribution in [0.2, 0.25) is 0 Å². The van der Waals surface area contributed by atoms with Gasteiger partial charge in [0.1, 0.15) is 0 Å². The molecule has 0 unspecified atom stereocenters. The van der Waals surface area contributed by atoms with Crippen molar-refractivity contribution in [3.8, 4) is 0 Å². The molecule has 0 aliphatic heterocycles. The van der Waals surface area contributed by atoms with Crippen molar-refractivity contribution in [2.45, 2.75) is 9.79 Å². The number of carboxylic acid groups (broad SMARTS) is 1. The fraction of sp³-hybridized carbons (Fsp3) is 0. The quantitative estimate of drug-likeness (QED) is 0.594. The van der Waals surface area contributed by atoms with Gasteiger partial charge in [-0.25, -0.2) is 9.59 Å². The number of urea groups is 1. The minimum atomic E-state index is -1.11. The lowest BCUT2D eigenvalue weighted by Gasteiger charge is -2.12. The van der Waals surface area contributed by atoms with Crippen LogP contribution in [0.25, 0.3) is 0 Å². The highest BCUT2D eigenvalue weighted by Crippen LogP contribution is 2.34. The Balaban J connectivity index is 1.80. The van der Waals surface area contributed by atoms with Gasteiger partial charge in [0, 0.05) is 15.4 Å². The summed E-state index contributed by atoms with van der Waals surface area (Å²) in [5, 5.41) is 14.0. The number of hydrogen-bond donors (Lipinski definition) is 3. The maximum Gasteiger partial charge on any atom is 0.335 e. The Kier molecular flexibility index (Phi) is 6.08. The van der Waals surface area contributed by atoms with Crippen LogP contribution in [0.3, 0.4) is 0 Å². The summed E-state index contributed by atoms with van der Waals surface area (Å²) in [7, 11) is 0. The SMILES string of the molecule is O=C(NC(=O)c1ccccc1)Nc1cc(C(=O)O)ccc1Sc1ccccc1. The van der Waals surface area contributed by atoms with E-state index in [1.165, 1.54) is 23.9 Å². The molecular formula is C21H16N2O4S. The molecule has 3 rings (SSSR count). The Morgan fingerprint density at radius 2 is 1.43 bits per heavy atom. The number of aromatic carboxylic acids is 1. The summed E-state index contributed by atoms with van der Waals surface area (Å²) in [6.07, 6.45) is 0. The van der Waals surface area contributed by atoms with Crippen molar-refractivity contribution >= 4 is 35.4 Å². The van der Waals surface area contributed by atoms with Crippen molar-refractivity contribution in [1.82, 2.24) is 5.32 Å². The van der Waals surface area contributed by atoms with E-state index in [0.717, 1.165) is 4.90 Å². The molecule has 0 fully saturated rings. The van der Waals surface area contributed by atoms with Crippen LogP contribution in [0.5, 0.6) is 0 Å². The molecule has 0 atom stereocenters. The molecule has 3 N–H and O–H groups in total. The monoisotopic (exact) mass is 392 g/mol. The zero-order valence-electron chi connectivity index (χ0n) is 14.6. The number of rotatable bonds is 5. The molecule has 0 aromatic heterocycles. The molecule has 0 saturated carbocycles. The van der Waals surface area contributed by atoms with Gasteiger partial charge >= 0.3 is 12.0 Å². The lowest BCUT2D eigenvalue weighted by Crippen LogP contribution is -2.34. The average Bonchev–Trinajstić information content (AvgIpc) is 2.70. The summed E-state index contributed by atoms with van der Waals surface area (Å²) in [5.74, 6) is -1.66. The van der Waals surface area contributed by atoms with Crippen LogP contribution in [-0.2, 0) is 0 Å². The van der Waals surface area contributed by atoms with Crippen molar-refractivity contribution < 1.29 is 19.5 Å². The first-order valence-electron chi connectivity index (χ1n) is 8.30. The first kappa shape index (κ1) is 19.2. The van der Waals surface area contributed by atoms with Gasteiger partial charge in [-0.05, 0) is 42.5 Å². The summed E-state index contributed by atoms with van der Waals surface area (Å²) in [6, 6.07) is 21.5. The lowest BCUT2D eigenvalue weighted by molar-refractivity contribution is 0.0696. The van der Waals surface area contributed by atoms with Crippen LogP contribution in [0, 0.1) is 0 Å². The summed E-state index contributed by atoms with van der Waals surface area (Å²) < 4.78 is 0. The van der Waals surface area contributed by atoms with Gasteiger partial charge in [0.25, 0.3) is 5.91 Å². The second kappa shape index (κ2) is 8.88. The first-order valence-corrected chi connectivity index (χ1v) is 9.12. The fourth-order valence-corrected chi connectivity index (χ4v) is 3.29. The highest BCUT2D eigenvalue weighted by molar-refractivity contribution is 7.99. The van der Waals surface area contributed by atoms with Crippen molar-refractivity contribution in [3.63, 3.8) is 0 Å². The number of benzene rings is 3. The lowest BCUT2D eigenvalue weighted by atomic mass is 10.2. The van der Waals surface area contributed by atoms with Crippen LogP contribution in [-0.4, -0.2) is 23.0 Å². The van der Waals surface area contributed by atoms with E-state index in [-0.39, 0.29) is 5.56 Å². The molecule has 28 heavy (non-hydrogen) atoms. The molecule has 3 aromatic rings. The van der Waals surface area contributed by atoms with Gasteiger partial charge in [0.2, 0.25) is 0 Å². The second-order valence-corrected chi connectivity index (χ2v) is 6.82. The van der Waals surface area contributed by atoms with Crippen LogP contribution < -0.4 is 10.6 Å². The van der Waals surface area contributed by atoms with Crippen LogP contribution in [0.1, 0.15) is 20.7 Å². The van der Waals surface area contributed by atoms with E-state index in [9.17, 15) is 19.5 Å². The highest BCUT2D eigenvalue weighted by Gasteiger charge is 2.14. The average molecular weight is 392 g/mol. The van der Waals surface area contributed by atoms with Gasteiger partial charge in [-0.15, -0.1) is 0 Å². The van der Waals surface area contributed by atoms with E-state index in [0.29, 0.717) is 16.1 Å². The van der Waals surface area contributed by atoms with E-state index in [1.807, 2.05) is 30.3 Å². The number of nitrogens with one attached hydrogen (secondary N) is 2. The van der Waals surface area contributed by atoms with Crippen LogP contribution >= 0.6 is 11.8 Å². The largest absolute Gasteiger partial charge is 0.478 e. The van der Waals surface area contributed by atoms with E-state index in [4.69, 9.17) is 0 Å². The summed E-state index contributed by atoms with van der Waals surface area (Å²) in [4.78, 5) is 37.3. The number of anilines is 1. The van der Waals surface area contributed by atoms with Crippen molar-refractivity contribution in [2.24, 2.45) is 0 Å². The number of carboxylic acids is 1. The zero-order chi connectivity index (χ0) is 19.9. The van der Waals surface area contributed by atoms with E-state index in [1.54, 1.807) is 36.4 Å². The molecule has 0 aliphatic carbocycles. The topological polar surface area (TPSA) is 95.5 Å². The number of carbonyl (C=O) groups excluding carboxylic acids is 2. The van der Waals surface area contributed by atoms with Crippen LogP contribution in [0.15, 0.2) is 88.7 Å². The smallest absolute Gasteiger partial charge is 0.335 e. The third kappa shape index (κ3) is 4.99. The first-order chi connectivity index (χ1) is 13.5. The predicted molar refractivity (Wildman–Crippen MR) is 107 cm³/mol. The minimum Gasteiger partial charge on any atom is -0.478 e. The minimum absolute atomic E-state index is 0.0297. The molecule has 7 heteroatoms. The summed E-state index contributed by atoms with van der Waals surface area (Å²) in [6.45, 7) is 0. The molecule has 0 bridgehead atoms.